The second kappa shape index (κ2) is 34.6. The third kappa shape index (κ3) is 23.2. The molecular formula is C89H130N14O8Si2. The van der Waals surface area contributed by atoms with Gasteiger partial charge in [0.15, 0.2) is 34.3 Å². The number of benzene rings is 3. The van der Waals surface area contributed by atoms with Gasteiger partial charge in [0.1, 0.15) is 60.5 Å². The van der Waals surface area contributed by atoms with Crippen LogP contribution in [0.5, 0.6) is 17.2 Å². The van der Waals surface area contributed by atoms with Crippen molar-refractivity contribution in [1.82, 2.24) is 53.8 Å². The van der Waals surface area contributed by atoms with Gasteiger partial charge in [-0.15, -0.1) is 0 Å². The average Bonchev–Trinajstić information content (AvgIpc) is 1.64. The van der Waals surface area contributed by atoms with Crippen molar-refractivity contribution < 1.29 is 38.4 Å². The van der Waals surface area contributed by atoms with E-state index in [4.69, 9.17) is 43.9 Å². The predicted molar refractivity (Wildman–Crippen MR) is 466 cm³/mol. The van der Waals surface area contributed by atoms with Crippen LogP contribution in [0.25, 0.3) is 67.3 Å². The third-order valence-corrected chi connectivity index (χ3v) is 24.5. The summed E-state index contributed by atoms with van der Waals surface area (Å²) in [5.41, 5.74) is 12.6. The van der Waals surface area contributed by atoms with E-state index >= 15 is 0 Å². The lowest BCUT2D eigenvalue weighted by Gasteiger charge is -2.23. The lowest BCUT2D eigenvalue weighted by molar-refractivity contribution is 0.0842. The summed E-state index contributed by atoms with van der Waals surface area (Å²) < 4.78 is 28.2. The molecule has 0 spiro atoms. The topological polar surface area (TPSA) is 228 Å². The van der Waals surface area contributed by atoms with Gasteiger partial charge in [0.05, 0.1) is 52.4 Å². The summed E-state index contributed by atoms with van der Waals surface area (Å²) in [5.74, 6) is 1.93. The summed E-state index contributed by atoms with van der Waals surface area (Å²) in [6.07, 6.45) is 14.1. The zero-order valence-electron chi connectivity index (χ0n) is 72.7. The number of Topliss-reactive ketones (excluding diaryl/α,β-unsaturated/α-hetero) is 3. The van der Waals surface area contributed by atoms with E-state index in [2.05, 4.69) is 146 Å². The number of ether oxygens (including phenoxy) is 4. The number of anilines is 3. The highest BCUT2D eigenvalue weighted by molar-refractivity contribution is 6.76. The minimum atomic E-state index is -1.21. The molecule has 113 heavy (non-hydrogen) atoms. The van der Waals surface area contributed by atoms with Crippen LogP contribution in [0.4, 0.5) is 17.1 Å². The first kappa shape index (κ1) is 87.0. The number of nitrogens with zero attached hydrogens (tertiary/aromatic N) is 13. The van der Waals surface area contributed by atoms with Crippen molar-refractivity contribution in [3.8, 4) is 51.0 Å². The van der Waals surface area contributed by atoms with Crippen molar-refractivity contribution in [3.05, 3.63) is 108 Å². The fourth-order valence-electron chi connectivity index (χ4n) is 14.0. The summed E-state index contributed by atoms with van der Waals surface area (Å²) in [6.45, 7) is 55.9. The molecule has 2 N–H and O–H groups in total. The van der Waals surface area contributed by atoms with E-state index in [1.807, 2.05) is 130 Å². The van der Waals surface area contributed by atoms with Gasteiger partial charge < -0.3 is 62.7 Å². The maximum Gasteiger partial charge on any atom is 0.171 e. The Balaban J connectivity index is 0.000000181. The average molecular weight is 1580 g/mol. The minimum absolute atomic E-state index is 0.0145. The van der Waals surface area contributed by atoms with Gasteiger partial charge in [0.2, 0.25) is 0 Å². The van der Waals surface area contributed by atoms with Gasteiger partial charge in [0.25, 0.3) is 0 Å². The number of ketones is 3. The van der Waals surface area contributed by atoms with Gasteiger partial charge in [-0.2, -0.15) is 0 Å². The van der Waals surface area contributed by atoms with E-state index in [1.165, 1.54) is 0 Å². The molecule has 0 radical (unpaired) electrons. The predicted octanol–water partition coefficient (Wildman–Crippen LogP) is 18.4. The van der Waals surface area contributed by atoms with Gasteiger partial charge in [-0.05, 0) is 112 Å². The van der Waals surface area contributed by atoms with Crippen LogP contribution in [-0.4, -0.2) is 199 Å². The molecule has 0 aliphatic carbocycles. The maximum absolute atomic E-state index is 13.6. The first-order valence-electron chi connectivity index (χ1n) is 40.4. The highest BCUT2D eigenvalue weighted by Gasteiger charge is 2.36. The molecule has 3 saturated heterocycles. The highest BCUT2D eigenvalue weighted by atomic mass is 28.3. The highest BCUT2D eigenvalue weighted by Crippen LogP contribution is 2.42. The lowest BCUT2D eigenvalue weighted by atomic mass is 9.87. The van der Waals surface area contributed by atoms with E-state index in [0.29, 0.717) is 95.8 Å². The van der Waals surface area contributed by atoms with Crippen LogP contribution in [0.2, 0.25) is 51.4 Å². The first-order chi connectivity index (χ1) is 52.6. The summed E-state index contributed by atoms with van der Waals surface area (Å²) in [5, 5.41) is 10.5. The standard InChI is InChI=1S/C33H51N5O3Si.C29H42N4O3Si.C27H37N5O2/c1-32(2,3)30(39)27-21-38(23-40-15-16-42(8,9)10)31-29(27)35-28(20-34-31)24-17-25(37-12-11-33(4,5)22-37)19-26(18-24)41-14-13-36(6)7;1-28(2,3)26(35)23-17-33(19-36-11-12-37(6,7)8)27-25(23)31-24(16-30-27)20-13-21(15-22(34)14-20)32-10-9-29(4,5)18-32;1-26(2,3)24(33)21-15-28-25-23(21)30-22(16-29-25)18-12-19(32-9-8-27(4,5)17-32)14-20(13-18)34-11-10-31(6)7/h17-21H,11-16,22-23H2,1-10H3;13-17,34H,9-12,18-19H2,1-8H3;12-16H,8-11,17H2,1-7H3,(H,28,29). The van der Waals surface area contributed by atoms with E-state index in [0.717, 1.165) is 140 Å². The fourth-order valence-corrected chi connectivity index (χ4v) is 15.5. The number of phenols is 1. The van der Waals surface area contributed by atoms with E-state index in [-0.39, 0.29) is 39.3 Å². The zero-order valence-corrected chi connectivity index (χ0v) is 74.7. The Bertz CT molecular complexity index is 4850. The molecule has 3 aromatic carbocycles. The third-order valence-electron chi connectivity index (χ3n) is 21.1. The van der Waals surface area contributed by atoms with Crippen molar-refractivity contribution in [2.45, 2.75) is 188 Å². The van der Waals surface area contributed by atoms with Crippen LogP contribution in [0, 0.1) is 32.5 Å². The summed E-state index contributed by atoms with van der Waals surface area (Å²) in [6, 6.07) is 20.4. The molecule has 3 fully saturated rings. The van der Waals surface area contributed by atoms with Crippen LogP contribution in [0.3, 0.4) is 0 Å². The molecule has 612 valence electrons. The summed E-state index contributed by atoms with van der Waals surface area (Å²) >= 11 is 0. The molecule has 9 heterocycles. The van der Waals surface area contributed by atoms with E-state index in [9.17, 15) is 19.5 Å². The maximum atomic E-state index is 13.6. The SMILES string of the molecule is CC1(C)CCN(c2cc(O)cc(-c3cnc4c(n3)c(C(=O)C(C)(C)C)cn4COCC[Si](C)(C)C)c2)C1.CN(C)CCOc1cc(-c2cnc3[nH]cc(C(=O)C(C)(C)C)c3n2)cc(N2CCC(C)(C)C2)c1.CN(C)CCOc1cc(-c2cnc3c(n2)c(C(=O)C(C)(C)C)cn3COCC[Si](C)(C)C)cc(N2CCC(C)(C)C2)c1. The monoisotopic (exact) mass is 1580 g/mol. The number of carbonyl (C=O) groups is 3. The number of nitrogens with one attached hydrogen (secondary N) is 1. The van der Waals surface area contributed by atoms with Gasteiger partial charge >= 0.3 is 0 Å². The number of hydrogen-bond acceptors (Lipinski definition) is 19. The second-order valence-electron chi connectivity index (χ2n) is 39.9. The van der Waals surface area contributed by atoms with Crippen molar-refractivity contribution in [2.24, 2.45) is 32.5 Å². The van der Waals surface area contributed by atoms with Crippen molar-refractivity contribution in [3.63, 3.8) is 0 Å². The molecule has 0 amide bonds. The number of phenolic OH excluding ortho intramolecular Hbond substituents is 1. The molecule has 22 nitrogen and oxygen atoms in total. The minimum Gasteiger partial charge on any atom is -0.508 e. The Morgan fingerprint density at radius 1 is 0.478 bits per heavy atom. The number of fused-ring (bicyclic) bond motifs is 3. The number of H-pyrrole nitrogens is 1. The molecule has 0 bridgehead atoms. The van der Waals surface area contributed by atoms with Crippen LogP contribution in [0.1, 0.15) is 154 Å². The number of likely N-dealkylation sites (N-methyl/N-ethyl adjacent to an activating group) is 2. The van der Waals surface area contributed by atoms with Crippen LogP contribution in [0.15, 0.2) is 91.8 Å². The summed E-state index contributed by atoms with van der Waals surface area (Å²) in [4.78, 5) is 83.5. The molecule has 24 heteroatoms. The number of aromatic nitrogens is 9. The second-order valence-corrected chi connectivity index (χ2v) is 51.2. The number of hydrogen-bond donors (Lipinski definition) is 2. The molecule has 9 aromatic rings. The van der Waals surface area contributed by atoms with Gasteiger partial charge in [-0.3, -0.25) is 14.4 Å². The molecule has 0 unspecified atom stereocenters. The quantitative estimate of drug-likeness (QED) is 0.0277. The van der Waals surface area contributed by atoms with Gasteiger partial charge in [-0.25, -0.2) is 29.9 Å². The van der Waals surface area contributed by atoms with Crippen LogP contribution in [-0.2, 0) is 22.9 Å². The number of aromatic hydroxyl groups is 1. The Morgan fingerprint density at radius 2 is 0.832 bits per heavy atom. The number of rotatable bonds is 27. The normalized spacial score (nSPS) is 15.9. The van der Waals surface area contributed by atoms with Crippen molar-refractivity contribution in [1.29, 1.82) is 0 Å². The smallest absolute Gasteiger partial charge is 0.171 e. The Morgan fingerprint density at radius 3 is 1.19 bits per heavy atom. The first-order valence-corrected chi connectivity index (χ1v) is 47.8. The van der Waals surface area contributed by atoms with Gasteiger partial charge in [0, 0.05) is 169 Å². The van der Waals surface area contributed by atoms with E-state index < -0.39 is 32.4 Å². The lowest BCUT2D eigenvalue weighted by Crippen LogP contribution is -2.23. The number of aromatic amines is 1. The van der Waals surface area contributed by atoms with Crippen LogP contribution < -0.4 is 24.2 Å². The van der Waals surface area contributed by atoms with E-state index in [1.54, 1.807) is 30.7 Å². The van der Waals surface area contributed by atoms with Gasteiger partial charge in [-0.1, -0.05) is 143 Å². The Hall–Kier alpha value is -8.40. The molecule has 0 saturated carbocycles. The fraction of sp³-hybridized carbons (Fsp3) is 0.562. The molecule has 6 aromatic heterocycles. The molecule has 0 atom stereocenters. The summed E-state index contributed by atoms with van der Waals surface area (Å²) in [7, 11) is 5.76. The molecule has 12 rings (SSSR count). The zero-order chi connectivity index (χ0) is 82.7. The van der Waals surface area contributed by atoms with Crippen molar-refractivity contribution in [2.75, 3.05) is 122 Å². The molecule has 3 aliphatic heterocycles. The largest absolute Gasteiger partial charge is 0.508 e. The Kier molecular flexibility index (Phi) is 26.6. The number of carbonyl (C=O) groups excluding carboxylic acids is 3. The van der Waals surface area contributed by atoms with Crippen molar-refractivity contribution >= 4 is 84.1 Å². The Labute approximate surface area is 674 Å². The molecular weight excluding hydrogens is 1450 g/mol. The molecule has 3 aliphatic rings. The van der Waals surface area contributed by atoms with Crippen LogP contribution >= 0.6 is 0 Å².